The van der Waals surface area contributed by atoms with Gasteiger partial charge >= 0.3 is 0 Å². The van der Waals surface area contributed by atoms with Gasteiger partial charge in [0, 0.05) is 35.4 Å². The van der Waals surface area contributed by atoms with Crippen molar-refractivity contribution in [2.75, 3.05) is 24.7 Å². The number of rotatable bonds is 5. The van der Waals surface area contributed by atoms with Gasteiger partial charge in [-0.3, -0.25) is 9.00 Å². The zero-order valence-corrected chi connectivity index (χ0v) is 12.9. The summed E-state index contributed by atoms with van der Waals surface area (Å²) >= 11 is 0. The summed E-state index contributed by atoms with van der Waals surface area (Å²) in [5, 5.41) is 6.35. The summed E-state index contributed by atoms with van der Waals surface area (Å²) in [7, 11) is -0.835. The second-order valence-corrected chi connectivity index (χ2v) is 7.03. The van der Waals surface area contributed by atoms with Crippen molar-refractivity contribution in [1.29, 1.82) is 0 Å². The van der Waals surface area contributed by atoms with E-state index in [-0.39, 0.29) is 11.2 Å². The minimum Gasteiger partial charge on any atom is -0.384 e. The van der Waals surface area contributed by atoms with E-state index in [0.717, 1.165) is 31.5 Å². The van der Waals surface area contributed by atoms with Crippen LogP contribution < -0.4 is 10.6 Å². The third kappa shape index (κ3) is 3.60. The summed E-state index contributed by atoms with van der Waals surface area (Å²) in [5.41, 5.74) is 2.91. The highest BCUT2D eigenvalue weighted by Crippen LogP contribution is 2.25. The molecule has 1 aliphatic rings. The first-order chi connectivity index (χ1) is 9.59. The highest BCUT2D eigenvalue weighted by molar-refractivity contribution is 7.84. The van der Waals surface area contributed by atoms with Gasteiger partial charge < -0.3 is 10.6 Å². The molecule has 0 bridgehead atoms. The lowest BCUT2D eigenvalue weighted by Crippen LogP contribution is -2.29. The molecular formula is C15H22N2O2S. The summed E-state index contributed by atoms with van der Waals surface area (Å²) in [4.78, 5) is 12.2. The van der Waals surface area contributed by atoms with Crippen molar-refractivity contribution in [3.05, 3.63) is 29.3 Å². The van der Waals surface area contributed by atoms with Crippen molar-refractivity contribution in [1.82, 2.24) is 5.32 Å². The molecule has 0 radical (unpaired) electrons. The van der Waals surface area contributed by atoms with E-state index < -0.39 is 10.8 Å². The first-order valence-corrected chi connectivity index (χ1v) is 8.68. The van der Waals surface area contributed by atoms with Gasteiger partial charge in [0.05, 0.1) is 11.3 Å². The first-order valence-electron chi connectivity index (χ1n) is 7.06. The fourth-order valence-electron chi connectivity index (χ4n) is 2.35. The smallest absolute Gasteiger partial charge is 0.253 e. The number of nitrogens with one attached hydrogen (secondary N) is 2. The van der Waals surface area contributed by atoms with E-state index in [1.165, 1.54) is 5.56 Å². The van der Waals surface area contributed by atoms with Gasteiger partial charge in [-0.2, -0.15) is 0 Å². The molecule has 2 unspecified atom stereocenters. The lowest BCUT2D eigenvalue weighted by atomic mass is 9.99. The molecule has 2 atom stereocenters. The molecule has 0 aliphatic carbocycles. The fourth-order valence-corrected chi connectivity index (χ4v) is 2.80. The van der Waals surface area contributed by atoms with Crippen LogP contribution in [0.15, 0.2) is 18.2 Å². The summed E-state index contributed by atoms with van der Waals surface area (Å²) in [6.45, 7) is 3.42. The minimum atomic E-state index is -0.835. The average Bonchev–Trinajstić information content (AvgIpc) is 2.46. The Morgan fingerprint density at radius 1 is 1.50 bits per heavy atom. The standard InChI is InChI=1S/C15H22N2O2S/c1-11(20(2)19)8-10-17-15(18)13-7-3-5-12-6-4-9-16-14(12)13/h3,5,7,11,16H,4,6,8-10H2,1-2H3,(H,17,18). The van der Waals surface area contributed by atoms with E-state index >= 15 is 0 Å². The van der Waals surface area contributed by atoms with Gasteiger partial charge in [0.2, 0.25) is 0 Å². The highest BCUT2D eigenvalue weighted by Gasteiger charge is 2.17. The Bertz CT molecular complexity index is 517. The Labute approximate surface area is 122 Å². The van der Waals surface area contributed by atoms with E-state index in [1.54, 1.807) is 6.26 Å². The number of carbonyl (C=O) groups excluding carboxylic acids is 1. The van der Waals surface area contributed by atoms with Crippen molar-refractivity contribution in [3.63, 3.8) is 0 Å². The number of para-hydroxylation sites is 1. The van der Waals surface area contributed by atoms with Crippen LogP contribution in [0.1, 0.15) is 35.7 Å². The van der Waals surface area contributed by atoms with Gasteiger partial charge in [-0.05, 0) is 30.9 Å². The first kappa shape index (κ1) is 15.0. The molecule has 2 rings (SSSR count). The van der Waals surface area contributed by atoms with Crippen LogP contribution >= 0.6 is 0 Å². The summed E-state index contributed by atoms with van der Waals surface area (Å²) < 4.78 is 11.3. The summed E-state index contributed by atoms with van der Waals surface area (Å²) in [6, 6.07) is 5.86. The third-order valence-electron chi connectivity index (χ3n) is 3.72. The van der Waals surface area contributed by atoms with Crippen molar-refractivity contribution >= 4 is 22.4 Å². The second-order valence-electron chi connectivity index (χ2n) is 5.22. The molecule has 0 spiro atoms. The minimum absolute atomic E-state index is 0.0506. The predicted molar refractivity (Wildman–Crippen MR) is 83.7 cm³/mol. The lowest BCUT2D eigenvalue weighted by molar-refractivity contribution is 0.0954. The maximum atomic E-state index is 12.2. The van der Waals surface area contributed by atoms with Crippen molar-refractivity contribution in [3.8, 4) is 0 Å². The van der Waals surface area contributed by atoms with Crippen molar-refractivity contribution in [2.45, 2.75) is 31.4 Å². The van der Waals surface area contributed by atoms with Crippen LogP contribution in [-0.4, -0.2) is 34.7 Å². The van der Waals surface area contributed by atoms with Crippen molar-refractivity contribution in [2.24, 2.45) is 0 Å². The quantitative estimate of drug-likeness (QED) is 0.872. The number of carbonyl (C=O) groups is 1. The summed E-state index contributed by atoms with van der Waals surface area (Å²) in [5.74, 6) is -0.0506. The highest BCUT2D eigenvalue weighted by atomic mass is 32.2. The Morgan fingerprint density at radius 2 is 2.30 bits per heavy atom. The molecule has 1 aliphatic heterocycles. The van der Waals surface area contributed by atoms with Gasteiger partial charge in [-0.15, -0.1) is 0 Å². The monoisotopic (exact) mass is 294 g/mol. The van der Waals surface area contributed by atoms with Gasteiger partial charge in [-0.1, -0.05) is 19.1 Å². The van der Waals surface area contributed by atoms with Gasteiger partial charge in [-0.25, -0.2) is 0 Å². The zero-order valence-electron chi connectivity index (χ0n) is 12.1. The average molecular weight is 294 g/mol. The molecule has 1 aromatic carbocycles. The number of benzene rings is 1. The predicted octanol–water partition coefficient (Wildman–Crippen LogP) is 1.93. The SMILES string of the molecule is CC(CCNC(=O)c1cccc2c1NCCC2)S(C)=O. The van der Waals surface area contributed by atoms with Crippen LogP contribution in [0.25, 0.3) is 0 Å². The third-order valence-corrected chi connectivity index (χ3v) is 5.09. The number of fused-ring (bicyclic) bond motifs is 1. The molecule has 0 saturated carbocycles. The molecule has 1 aromatic rings. The van der Waals surface area contributed by atoms with Gasteiger partial charge in [0.1, 0.15) is 0 Å². The summed E-state index contributed by atoms with van der Waals surface area (Å²) in [6.07, 6.45) is 4.56. The van der Waals surface area contributed by atoms with E-state index in [1.807, 2.05) is 19.1 Å². The van der Waals surface area contributed by atoms with E-state index in [0.29, 0.717) is 12.1 Å². The van der Waals surface area contributed by atoms with Gasteiger partial charge in [0.15, 0.2) is 0 Å². The molecule has 0 fully saturated rings. The Kier molecular flexibility index (Phi) is 5.17. The van der Waals surface area contributed by atoms with Gasteiger partial charge in [0.25, 0.3) is 5.91 Å². The molecule has 5 heteroatoms. The molecule has 4 nitrogen and oxygen atoms in total. The zero-order chi connectivity index (χ0) is 14.5. The molecule has 2 N–H and O–H groups in total. The number of aryl methyl sites for hydroxylation is 1. The molecule has 0 saturated heterocycles. The molecule has 0 aromatic heterocycles. The van der Waals surface area contributed by atoms with E-state index in [9.17, 15) is 9.00 Å². The number of anilines is 1. The molecule has 110 valence electrons. The second kappa shape index (κ2) is 6.88. The molecule has 1 heterocycles. The normalized spacial score (nSPS) is 16.7. The molecular weight excluding hydrogens is 272 g/mol. The fraction of sp³-hybridized carbons (Fsp3) is 0.533. The number of amides is 1. The maximum Gasteiger partial charge on any atom is 0.253 e. The van der Waals surface area contributed by atoms with Crippen LogP contribution in [-0.2, 0) is 17.2 Å². The maximum absolute atomic E-state index is 12.2. The Morgan fingerprint density at radius 3 is 3.05 bits per heavy atom. The van der Waals surface area contributed by atoms with Crippen LogP contribution in [0.3, 0.4) is 0 Å². The number of hydrogen-bond acceptors (Lipinski definition) is 3. The van der Waals surface area contributed by atoms with Crippen LogP contribution in [0.5, 0.6) is 0 Å². The van der Waals surface area contributed by atoms with E-state index in [4.69, 9.17) is 0 Å². The Hall–Kier alpha value is -1.36. The van der Waals surface area contributed by atoms with Crippen LogP contribution in [0.4, 0.5) is 5.69 Å². The van der Waals surface area contributed by atoms with Crippen LogP contribution in [0, 0.1) is 0 Å². The lowest BCUT2D eigenvalue weighted by Gasteiger charge is -2.21. The Balaban J connectivity index is 1.98. The van der Waals surface area contributed by atoms with E-state index in [2.05, 4.69) is 16.7 Å². The number of hydrogen-bond donors (Lipinski definition) is 2. The molecule has 20 heavy (non-hydrogen) atoms. The van der Waals surface area contributed by atoms with Crippen molar-refractivity contribution < 1.29 is 9.00 Å². The van der Waals surface area contributed by atoms with Crippen LogP contribution in [0.2, 0.25) is 0 Å². The topological polar surface area (TPSA) is 58.2 Å². The molecule has 1 amide bonds. The largest absolute Gasteiger partial charge is 0.384 e.